The highest BCUT2D eigenvalue weighted by molar-refractivity contribution is 7.92. The number of benzene rings is 2. The highest BCUT2D eigenvalue weighted by Gasteiger charge is 2.60. The lowest BCUT2D eigenvalue weighted by Gasteiger charge is -2.46. The van der Waals surface area contributed by atoms with Crippen LogP contribution < -0.4 is 5.32 Å². The molecule has 0 unspecified atom stereocenters. The van der Waals surface area contributed by atoms with E-state index in [0.717, 1.165) is 6.07 Å². The van der Waals surface area contributed by atoms with Gasteiger partial charge in [0.05, 0.1) is 27.4 Å². The van der Waals surface area contributed by atoms with Crippen molar-refractivity contribution < 1.29 is 46.8 Å². The number of carbonyl (C=O) groups excluding carboxylic acids is 1. The Morgan fingerprint density at radius 2 is 1.65 bits per heavy atom. The lowest BCUT2D eigenvalue weighted by atomic mass is 9.70. The Morgan fingerprint density at radius 1 is 1.08 bits per heavy atom. The van der Waals surface area contributed by atoms with Crippen LogP contribution in [0.1, 0.15) is 36.0 Å². The summed E-state index contributed by atoms with van der Waals surface area (Å²) in [6.45, 7) is -0.772. The van der Waals surface area contributed by atoms with Crippen LogP contribution in [0.2, 0.25) is 5.02 Å². The number of halogens is 4. The minimum atomic E-state index is -4.15. The second-order valence-corrected chi connectivity index (χ2v) is 12.1. The minimum Gasteiger partial charge on any atom is -0.394 e. The average molecular weight is 564 g/mol. The van der Waals surface area contributed by atoms with Gasteiger partial charge in [0.25, 0.3) is 5.91 Å². The molecule has 0 heterocycles. The largest absolute Gasteiger partial charge is 0.394 e. The maximum absolute atomic E-state index is 13.6. The highest BCUT2D eigenvalue weighted by Crippen LogP contribution is 2.54. The first-order chi connectivity index (χ1) is 17.3. The van der Waals surface area contributed by atoms with Crippen LogP contribution in [-0.2, 0) is 9.84 Å². The van der Waals surface area contributed by atoms with E-state index in [1.807, 2.05) is 0 Å². The number of fused-ring (bicyclic) bond motifs is 2. The van der Waals surface area contributed by atoms with Crippen molar-refractivity contribution >= 4 is 33.0 Å². The SMILES string of the molecule is O=C(Nc1cc(F)c(F)c(F)c1)c1ccc(Cl)c(S(=O)(=O)[C@@H]2C[C@H]3CC[C@@H](C2)[C@@]3(O)[C@H](O)[C@@H](O)CO)c1. The minimum absolute atomic E-state index is 0.0502. The molecular formula is C24H25ClF3NO7S. The molecule has 2 aliphatic rings. The van der Waals surface area contributed by atoms with Gasteiger partial charge in [-0.15, -0.1) is 0 Å². The third-order valence-corrected chi connectivity index (χ3v) is 10.1. The molecule has 2 aliphatic carbocycles. The number of carbonyl (C=O) groups is 1. The van der Waals surface area contributed by atoms with Gasteiger partial charge in [-0.3, -0.25) is 4.79 Å². The fourth-order valence-corrected chi connectivity index (χ4v) is 7.96. The zero-order valence-electron chi connectivity index (χ0n) is 19.2. The molecule has 13 heteroatoms. The molecule has 202 valence electrons. The van der Waals surface area contributed by atoms with Crippen LogP contribution in [0.15, 0.2) is 35.2 Å². The van der Waals surface area contributed by atoms with Crippen molar-refractivity contribution in [1.82, 2.24) is 0 Å². The maximum atomic E-state index is 13.6. The van der Waals surface area contributed by atoms with E-state index in [1.165, 1.54) is 12.1 Å². The van der Waals surface area contributed by atoms with E-state index in [1.54, 1.807) is 0 Å². The van der Waals surface area contributed by atoms with Crippen molar-refractivity contribution in [2.24, 2.45) is 11.8 Å². The standard InChI is InChI=1S/C24H25ClF3NO7S/c25-16-4-1-11(23(33)29-14-8-17(26)21(28)18(27)9-14)5-20(16)37(35,36)15-6-12-2-3-13(7-15)24(12,34)22(32)19(31)10-30/h1,4-5,8-9,12-13,15,19,22,30-32,34H,2-3,6-7,10H2,(H,29,33)/t12-,13+,15-,19-,22+,24-/m0/s1. The van der Waals surface area contributed by atoms with Crippen molar-refractivity contribution in [2.45, 2.75) is 53.6 Å². The number of aliphatic hydroxyl groups is 4. The Labute approximate surface area is 215 Å². The van der Waals surface area contributed by atoms with Gasteiger partial charge in [0.15, 0.2) is 27.3 Å². The van der Waals surface area contributed by atoms with E-state index in [2.05, 4.69) is 5.32 Å². The number of rotatable bonds is 7. The second kappa shape index (κ2) is 10.2. The van der Waals surface area contributed by atoms with E-state index in [0.29, 0.717) is 25.0 Å². The highest BCUT2D eigenvalue weighted by atomic mass is 35.5. The summed E-state index contributed by atoms with van der Waals surface area (Å²) in [4.78, 5) is 12.3. The Kier molecular flexibility index (Phi) is 7.63. The van der Waals surface area contributed by atoms with Crippen LogP contribution in [0.3, 0.4) is 0 Å². The van der Waals surface area contributed by atoms with Gasteiger partial charge in [0.1, 0.15) is 12.2 Å². The molecule has 37 heavy (non-hydrogen) atoms. The number of nitrogens with one attached hydrogen (secondary N) is 1. The van der Waals surface area contributed by atoms with Gasteiger partial charge in [0, 0.05) is 23.4 Å². The number of amides is 1. The van der Waals surface area contributed by atoms with E-state index in [-0.39, 0.29) is 34.0 Å². The average Bonchev–Trinajstić information content (AvgIpc) is 3.02. The smallest absolute Gasteiger partial charge is 0.255 e. The topological polar surface area (TPSA) is 144 Å². The van der Waals surface area contributed by atoms with E-state index >= 15 is 0 Å². The van der Waals surface area contributed by atoms with Crippen LogP contribution in [0, 0.1) is 29.3 Å². The molecular weight excluding hydrogens is 539 g/mol. The van der Waals surface area contributed by atoms with E-state index < -0.39 is 74.7 Å². The summed E-state index contributed by atoms with van der Waals surface area (Å²) < 4.78 is 67.3. The molecule has 2 aromatic carbocycles. The molecule has 0 radical (unpaired) electrons. The summed E-state index contributed by atoms with van der Waals surface area (Å²) in [5.41, 5.74) is -2.34. The predicted molar refractivity (Wildman–Crippen MR) is 126 cm³/mol. The molecule has 2 bridgehead atoms. The summed E-state index contributed by atoms with van der Waals surface area (Å²) in [6.07, 6.45) is -2.53. The molecule has 6 atom stereocenters. The first kappa shape index (κ1) is 27.8. The molecule has 0 aromatic heterocycles. The summed E-state index contributed by atoms with van der Waals surface area (Å²) >= 11 is 6.18. The molecule has 2 aromatic rings. The van der Waals surface area contributed by atoms with Gasteiger partial charge in [0.2, 0.25) is 0 Å². The third-order valence-electron chi connectivity index (χ3n) is 7.47. The lowest BCUT2D eigenvalue weighted by molar-refractivity contribution is -0.181. The van der Waals surface area contributed by atoms with Gasteiger partial charge in [-0.2, -0.15) is 0 Å². The number of aliphatic hydroxyl groups excluding tert-OH is 3. The Morgan fingerprint density at radius 3 is 2.19 bits per heavy atom. The first-order valence-electron chi connectivity index (χ1n) is 11.5. The Bertz CT molecular complexity index is 1290. The normalized spacial score (nSPS) is 27.1. The molecule has 5 N–H and O–H groups in total. The number of hydrogen-bond acceptors (Lipinski definition) is 7. The third kappa shape index (κ3) is 4.86. The molecule has 2 saturated carbocycles. The monoisotopic (exact) mass is 563 g/mol. The van der Waals surface area contributed by atoms with Gasteiger partial charge < -0.3 is 25.7 Å². The molecule has 0 spiro atoms. The van der Waals surface area contributed by atoms with Gasteiger partial charge in [-0.1, -0.05) is 11.6 Å². The van der Waals surface area contributed by atoms with Gasteiger partial charge >= 0.3 is 0 Å². The quantitative estimate of drug-likeness (QED) is 0.325. The summed E-state index contributed by atoms with van der Waals surface area (Å²) in [5, 5.41) is 41.7. The van der Waals surface area contributed by atoms with Crippen molar-refractivity contribution in [3.63, 3.8) is 0 Å². The van der Waals surface area contributed by atoms with E-state index in [4.69, 9.17) is 11.6 Å². The molecule has 0 saturated heterocycles. The van der Waals surface area contributed by atoms with Gasteiger partial charge in [-0.05, 0) is 55.7 Å². The Balaban J connectivity index is 1.59. The second-order valence-electron chi connectivity index (χ2n) is 9.54. The Hall–Kier alpha value is -2.22. The number of sulfone groups is 1. The fourth-order valence-electron chi connectivity index (χ4n) is 5.56. The summed E-state index contributed by atoms with van der Waals surface area (Å²) in [7, 11) is -4.15. The summed E-state index contributed by atoms with van der Waals surface area (Å²) in [5.74, 6) is -7.00. The van der Waals surface area contributed by atoms with Crippen molar-refractivity contribution in [3.05, 3.63) is 58.4 Å². The van der Waals surface area contributed by atoms with Crippen molar-refractivity contribution in [3.8, 4) is 0 Å². The van der Waals surface area contributed by atoms with Crippen LogP contribution in [0.5, 0.6) is 0 Å². The lowest BCUT2D eigenvalue weighted by Crippen LogP contribution is -2.59. The zero-order valence-corrected chi connectivity index (χ0v) is 20.8. The van der Waals surface area contributed by atoms with Crippen LogP contribution in [-0.4, -0.2) is 64.4 Å². The summed E-state index contributed by atoms with van der Waals surface area (Å²) in [6, 6.07) is 4.57. The number of hydrogen-bond donors (Lipinski definition) is 5. The molecule has 1 amide bonds. The van der Waals surface area contributed by atoms with Crippen molar-refractivity contribution in [1.29, 1.82) is 0 Å². The van der Waals surface area contributed by atoms with Gasteiger partial charge in [-0.25, -0.2) is 21.6 Å². The number of anilines is 1. The van der Waals surface area contributed by atoms with Crippen LogP contribution >= 0.6 is 11.6 Å². The van der Waals surface area contributed by atoms with Crippen molar-refractivity contribution in [2.75, 3.05) is 11.9 Å². The zero-order chi connectivity index (χ0) is 27.3. The maximum Gasteiger partial charge on any atom is 0.255 e. The van der Waals surface area contributed by atoms with Crippen LogP contribution in [0.25, 0.3) is 0 Å². The molecule has 8 nitrogen and oxygen atoms in total. The first-order valence-corrected chi connectivity index (χ1v) is 13.4. The fraction of sp³-hybridized carbons (Fsp3) is 0.458. The van der Waals surface area contributed by atoms with E-state index in [9.17, 15) is 46.8 Å². The predicted octanol–water partition coefficient (Wildman–Crippen LogP) is 2.42. The molecule has 4 rings (SSSR count). The molecule has 0 aliphatic heterocycles. The molecule has 2 fully saturated rings. The van der Waals surface area contributed by atoms with Crippen LogP contribution in [0.4, 0.5) is 18.9 Å².